The minimum absolute atomic E-state index is 0.00160. The maximum absolute atomic E-state index is 13.2. The standard InChI is InChI=1S/C19H15F3INO3S/c20-19(21,22)15-6-3-8-17(11-15)28(25,26)24(13-16-7-4-10-27-16)12-14-5-1-2-9-18(14)23/h1-11H,12-13H2. The summed E-state index contributed by atoms with van der Waals surface area (Å²) in [4.78, 5) is -0.417. The molecule has 9 heteroatoms. The van der Waals surface area contributed by atoms with E-state index in [9.17, 15) is 21.6 Å². The number of rotatable bonds is 6. The summed E-state index contributed by atoms with van der Waals surface area (Å²) < 4.78 is 72.7. The number of alkyl halides is 3. The molecule has 3 aromatic rings. The minimum Gasteiger partial charge on any atom is -0.468 e. The first-order chi connectivity index (χ1) is 13.2. The summed E-state index contributed by atoms with van der Waals surface area (Å²) in [6.45, 7) is -0.102. The van der Waals surface area contributed by atoms with Crippen LogP contribution in [0.1, 0.15) is 16.9 Å². The quantitative estimate of drug-likeness (QED) is 0.415. The largest absolute Gasteiger partial charge is 0.468 e. The predicted octanol–water partition coefficient (Wildman–Crippen LogP) is 5.29. The second-order valence-electron chi connectivity index (χ2n) is 5.97. The molecule has 148 valence electrons. The summed E-state index contributed by atoms with van der Waals surface area (Å²) in [6, 6.07) is 14.2. The lowest BCUT2D eigenvalue weighted by Gasteiger charge is -2.22. The van der Waals surface area contributed by atoms with Gasteiger partial charge in [-0.1, -0.05) is 24.3 Å². The van der Waals surface area contributed by atoms with Crippen LogP contribution in [-0.2, 0) is 29.3 Å². The number of hydrogen-bond donors (Lipinski definition) is 0. The van der Waals surface area contributed by atoms with Crippen LogP contribution in [0.2, 0.25) is 0 Å². The maximum atomic E-state index is 13.2. The third-order valence-electron chi connectivity index (χ3n) is 4.02. The zero-order chi connectivity index (χ0) is 20.4. The van der Waals surface area contributed by atoms with Crippen LogP contribution in [0.25, 0.3) is 0 Å². The minimum atomic E-state index is -4.63. The molecular formula is C19H15F3INO3S. The highest BCUT2D eigenvalue weighted by Gasteiger charge is 2.33. The van der Waals surface area contributed by atoms with Crippen LogP contribution in [0.4, 0.5) is 13.2 Å². The molecule has 0 saturated carbocycles. The van der Waals surface area contributed by atoms with Crippen molar-refractivity contribution in [3.05, 3.63) is 87.4 Å². The average Bonchev–Trinajstić information content (AvgIpc) is 3.15. The molecule has 0 radical (unpaired) electrons. The van der Waals surface area contributed by atoms with E-state index < -0.39 is 26.7 Å². The fourth-order valence-corrected chi connectivity index (χ4v) is 4.59. The Morgan fingerprint density at radius 3 is 2.36 bits per heavy atom. The highest BCUT2D eigenvalue weighted by atomic mass is 127. The fourth-order valence-electron chi connectivity index (χ4n) is 2.60. The molecule has 0 bridgehead atoms. The number of furan rings is 1. The van der Waals surface area contributed by atoms with Crippen molar-refractivity contribution in [1.29, 1.82) is 0 Å². The highest BCUT2D eigenvalue weighted by molar-refractivity contribution is 14.1. The molecule has 0 atom stereocenters. The first kappa shape index (κ1) is 20.9. The monoisotopic (exact) mass is 521 g/mol. The van der Waals surface area contributed by atoms with Crippen LogP contribution < -0.4 is 0 Å². The van der Waals surface area contributed by atoms with Gasteiger partial charge < -0.3 is 4.42 Å². The number of benzene rings is 2. The van der Waals surface area contributed by atoms with E-state index in [-0.39, 0.29) is 13.1 Å². The molecule has 0 N–H and O–H groups in total. The molecule has 0 aliphatic heterocycles. The van der Waals surface area contributed by atoms with E-state index in [1.54, 1.807) is 24.3 Å². The van der Waals surface area contributed by atoms with Crippen molar-refractivity contribution in [2.24, 2.45) is 0 Å². The predicted molar refractivity (Wildman–Crippen MR) is 106 cm³/mol. The van der Waals surface area contributed by atoms with E-state index in [0.29, 0.717) is 11.8 Å². The topological polar surface area (TPSA) is 50.5 Å². The molecule has 0 unspecified atom stereocenters. The molecule has 0 fully saturated rings. The van der Waals surface area contributed by atoms with Crippen LogP contribution >= 0.6 is 22.6 Å². The van der Waals surface area contributed by atoms with Gasteiger partial charge in [-0.3, -0.25) is 0 Å². The van der Waals surface area contributed by atoms with Crippen molar-refractivity contribution >= 4 is 32.6 Å². The van der Waals surface area contributed by atoms with Crippen molar-refractivity contribution in [1.82, 2.24) is 4.31 Å². The van der Waals surface area contributed by atoms with Crippen molar-refractivity contribution in [2.75, 3.05) is 0 Å². The molecular weight excluding hydrogens is 506 g/mol. The van der Waals surface area contributed by atoms with E-state index in [0.717, 1.165) is 31.6 Å². The average molecular weight is 521 g/mol. The number of nitrogens with zero attached hydrogens (tertiary/aromatic N) is 1. The Balaban J connectivity index is 2.02. The number of halogens is 4. The normalized spacial score (nSPS) is 12.5. The molecule has 0 aliphatic carbocycles. The van der Waals surface area contributed by atoms with Gasteiger partial charge in [0.05, 0.1) is 23.3 Å². The van der Waals surface area contributed by atoms with Crippen LogP contribution in [-0.4, -0.2) is 12.7 Å². The van der Waals surface area contributed by atoms with Crippen LogP contribution in [0.3, 0.4) is 0 Å². The van der Waals surface area contributed by atoms with Gasteiger partial charge in [-0.05, 0) is 64.6 Å². The van der Waals surface area contributed by atoms with Crippen LogP contribution in [0, 0.1) is 3.57 Å². The first-order valence-electron chi connectivity index (χ1n) is 8.11. The SMILES string of the molecule is O=S(=O)(c1cccc(C(F)(F)F)c1)N(Cc1ccco1)Cc1ccccc1I. The van der Waals surface area contributed by atoms with Crippen LogP contribution in [0.15, 0.2) is 76.2 Å². The maximum Gasteiger partial charge on any atom is 0.416 e. The molecule has 0 saturated heterocycles. The van der Waals surface area contributed by atoms with Crippen molar-refractivity contribution in [2.45, 2.75) is 24.2 Å². The van der Waals surface area contributed by atoms with E-state index in [1.807, 2.05) is 12.1 Å². The molecule has 0 amide bonds. The van der Waals surface area contributed by atoms with Crippen LogP contribution in [0.5, 0.6) is 0 Å². The van der Waals surface area contributed by atoms with Gasteiger partial charge in [-0.25, -0.2) is 8.42 Å². The summed E-state index contributed by atoms with van der Waals surface area (Å²) >= 11 is 2.09. The van der Waals surface area contributed by atoms with Gasteiger partial charge in [-0.15, -0.1) is 0 Å². The second kappa shape index (κ2) is 8.26. The zero-order valence-electron chi connectivity index (χ0n) is 14.4. The van der Waals surface area contributed by atoms with Gasteiger partial charge in [0, 0.05) is 10.1 Å². The Morgan fingerprint density at radius 1 is 0.964 bits per heavy atom. The van der Waals surface area contributed by atoms with E-state index in [1.165, 1.54) is 6.26 Å². The summed E-state index contributed by atoms with van der Waals surface area (Å²) in [5.41, 5.74) is -0.272. The fraction of sp³-hybridized carbons (Fsp3) is 0.158. The molecule has 4 nitrogen and oxygen atoms in total. The Hall–Kier alpha value is -1.85. The molecule has 0 spiro atoms. The van der Waals surface area contributed by atoms with Gasteiger partial charge in [0.2, 0.25) is 10.0 Å². The summed E-state index contributed by atoms with van der Waals surface area (Å²) in [5.74, 6) is 0.390. The molecule has 2 aromatic carbocycles. The molecule has 1 aromatic heterocycles. The molecule has 1 heterocycles. The molecule has 3 rings (SSSR count). The Labute approximate surface area is 174 Å². The van der Waals surface area contributed by atoms with Gasteiger partial charge >= 0.3 is 6.18 Å². The summed E-state index contributed by atoms with van der Waals surface area (Å²) in [6.07, 6.45) is -3.22. The molecule has 0 aliphatic rings. The third kappa shape index (κ3) is 4.76. The highest BCUT2D eigenvalue weighted by Crippen LogP contribution is 2.32. The third-order valence-corrected chi connectivity index (χ3v) is 6.86. The second-order valence-corrected chi connectivity index (χ2v) is 9.07. The lowest BCUT2D eigenvalue weighted by molar-refractivity contribution is -0.137. The van der Waals surface area contributed by atoms with Crippen molar-refractivity contribution in [3.8, 4) is 0 Å². The summed E-state index contributed by atoms with van der Waals surface area (Å²) in [5, 5.41) is 0. The Bertz CT molecular complexity index is 1050. The van der Waals surface area contributed by atoms with Gasteiger partial charge in [-0.2, -0.15) is 17.5 Å². The van der Waals surface area contributed by atoms with Crippen molar-refractivity contribution < 1.29 is 26.0 Å². The van der Waals surface area contributed by atoms with Crippen molar-refractivity contribution in [3.63, 3.8) is 0 Å². The van der Waals surface area contributed by atoms with E-state index in [4.69, 9.17) is 4.42 Å². The van der Waals surface area contributed by atoms with E-state index >= 15 is 0 Å². The number of hydrogen-bond acceptors (Lipinski definition) is 3. The zero-order valence-corrected chi connectivity index (χ0v) is 17.3. The smallest absolute Gasteiger partial charge is 0.416 e. The Morgan fingerprint density at radius 2 is 1.71 bits per heavy atom. The van der Waals surface area contributed by atoms with Gasteiger partial charge in [0.15, 0.2) is 0 Å². The summed E-state index contributed by atoms with van der Waals surface area (Å²) in [7, 11) is -4.20. The lowest BCUT2D eigenvalue weighted by atomic mass is 10.2. The van der Waals surface area contributed by atoms with Gasteiger partial charge in [0.1, 0.15) is 5.76 Å². The number of sulfonamides is 1. The molecule has 28 heavy (non-hydrogen) atoms. The van der Waals surface area contributed by atoms with E-state index in [2.05, 4.69) is 22.6 Å². The van der Waals surface area contributed by atoms with Gasteiger partial charge in [0.25, 0.3) is 0 Å². The lowest BCUT2D eigenvalue weighted by Crippen LogP contribution is -2.30. The first-order valence-corrected chi connectivity index (χ1v) is 10.6. The Kier molecular flexibility index (Phi) is 6.15.